The number of likely N-dealkylation sites (N-methyl/N-ethyl adjacent to an activating group) is 1. The van der Waals surface area contributed by atoms with E-state index in [0.717, 1.165) is 13.1 Å². The first kappa shape index (κ1) is 5.79. The summed E-state index contributed by atoms with van der Waals surface area (Å²) in [7, 11) is 1.96. The molecule has 0 aromatic heterocycles. The molecule has 0 aromatic carbocycles. The van der Waals surface area contributed by atoms with E-state index in [4.69, 9.17) is 0 Å². The predicted molar refractivity (Wildman–Crippen MR) is 34.9 cm³/mol. The summed E-state index contributed by atoms with van der Waals surface area (Å²) in [6.45, 7) is 5.90. The molecule has 1 aliphatic heterocycles. The fourth-order valence-corrected chi connectivity index (χ4v) is 0.951. The van der Waals surface area contributed by atoms with E-state index >= 15 is 0 Å². The third kappa shape index (κ3) is 0.904. The number of nitrogens with one attached hydrogen (secondary N) is 2. The van der Waals surface area contributed by atoms with Gasteiger partial charge in [0.1, 0.15) is 0 Å². The molecule has 1 heterocycles. The lowest BCUT2D eigenvalue weighted by Crippen LogP contribution is -2.27. The van der Waals surface area contributed by atoms with Crippen molar-refractivity contribution < 1.29 is 0 Å². The van der Waals surface area contributed by atoms with Crippen LogP contribution in [0.15, 0.2) is 12.2 Å². The first-order chi connectivity index (χ1) is 3.84. The van der Waals surface area contributed by atoms with Crippen LogP contribution in [0, 0.1) is 0 Å². The SMILES string of the molecule is C=C1CNC[C@H]1NC. The lowest BCUT2D eigenvalue weighted by Gasteiger charge is -2.05. The maximum atomic E-state index is 3.88. The molecule has 0 aliphatic carbocycles. The highest BCUT2D eigenvalue weighted by molar-refractivity contribution is 5.12. The predicted octanol–water partition coefficient (Wildman–Crippen LogP) is -0.266. The van der Waals surface area contributed by atoms with Crippen LogP contribution in [-0.2, 0) is 0 Å². The van der Waals surface area contributed by atoms with Crippen LogP contribution in [-0.4, -0.2) is 26.2 Å². The van der Waals surface area contributed by atoms with Gasteiger partial charge in [0, 0.05) is 19.1 Å². The molecule has 46 valence electrons. The van der Waals surface area contributed by atoms with Gasteiger partial charge in [0.2, 0.25) is 0 Å². The van der Waals surface area contributed by atoms with E-state index in [1.165, 1.54) is 5.57 Å². The molecule has 1 saturated heterocycles. The van der Waals surface area contributed by atoms with E-state index < -0.39 is 0 Å². The maximum Gasteiger partial charge on any atom is 0.0413 e. The Bertz CT molecular complexity index is 98.7. The standard InChI is InChI=1S/C6H12N2/c1-5-3-8-4-6(5)7-2/h6-8H,1,3-4H2,2H3/t6-/m1/s1. The normalized spacial score (nSPS) is 29.1. The summed E-state index contributed by atoms with van der Waals surface area (Å²) in [6, 6.07) is 0.509. The molecule has 0 aromatic rings. The van der Waals surface area contributed by atoms with Crippen LogP contribution in [0.2, 0.25) is 0 Å². The van der Waals surface area contributed by atoms with E-state index in [1.807, 2.05) is 7.05 Å². The Balaban J connectivity index is 2.42. The number of hydrogen-bond donors (Lipinski definition) is 2. The number of rotatable bonds is 1. The lowest BCUT2D eigenvalue weighted by molar-refractivity contribution is 0.668. The molecule has 2 heteroatoms. The van der Waals surface area contributed by atoms with Crippen LogP contribution in [0.3, 0.4) is 0 Å². The largest absolute Gasteiger partial charge is 0.312 e. The summed E-state index contributed by atoms with van der Waals surface area (Å²) in [4.78, 5) is 0. The first-order valence-corrected chi connectivity index (χ1v) is 2.90. The summed E-state index contributed by atoms with van der Waals surface area (Å²) < 4.78 is 0. The van der Waals surface area contributed by atoms with Gasteiger partial charge in [-0.3, -0.25) is 0 Å². The minimum atomic E-state index is 0.509. The van der Waals surface area contributed by atoms with E-state index in [9.17, 15) is 0 Å². The van der Waals surface area contributed by atoms with Crippen molar-refractivity contribution in [3.63, 3.8) is 0 Å². The minimum absolute atomic E-state index is 0.509. The molecule has 1 fully saturated rings. The zero-order chi connectivity index (χ0) is 5.98. The highest BCUT2D eigenvalue weighted by Gasteiger charge is 2.14. The Hall–Kier alpha value is -0.340. The Morgan fingerprint density at radius 2 is 2.62 bits per heavy atom. The average Bonchev–Trinajstić information content (AvgIpc) is 2.14. The lowest BCUT2D eigenvalue weighted by atomic mass is 10.2. The van der Waals surface area contributed by atoms with Crippen molar-refractivity contribution in [1.82, 2.24) is 10.6 Å². The molecule has 0 bridgehead atoms. The smallest absolute Gasteiger partial charge is 0.0413 e. The fraction of sp³-hybridized carbons (Fsp3) is 0.667. The molecule has 1 atom stereocenters. The zero-order valence-corrected chi connectivity index (χ0v) is 5.20. The third-order valence-electron chi connectivity index (χ3n) is 1.54. The molecule has 0 radical (unpaired) electrons. The van der Waals surface area contributed by atoms with Gasteiger partial charge in [-0.2, -0.15) is 0 Å². The van der Waals surface area contributed by atoms with Gasteiger partial charge in [0.05, 0.1) is 0 Å². The van der Waals surface area contributed by atoms with E-state index in [-0.39, 0.29) is 0 Å². The van der Waals surface area contributed by atoms with Crippen LogP contribution in [0.1, 0.15) is 0 Å². The van der Waals surface area contributed by atoms with E-state index in [0.29, 0.717) is 6.04 Å². The Morgan fingerprint density at radius 3 is 2.88 bits per heavy atom. The quantitative estimate of drug-likeness (QED) is 0.456. The highest BCUT2D eigenvalue weighted by atomic mass is 15.0. The molecule has 0 saturated carbocycles. The molecule has 1 aliphatic rings. The van der Waals surface area contributed by atoms with Crippen molar-refractivity contribution in [3.05, 3.63) is 12.2 Å². The van der Waals surface area contributed by atoms with Gasteiger partial charge in [0.15, 0.2) is 0 Å². The van der Waals surface area contributed by atoms with Gasteiger partial charge >= 0.3 is 0 Å². The van der Waals surface area contributed by atoms with Gasteiger partial charge < -0.3 is 10.6 Å². The number of hydrogen-bond acceptors (Lipinski definition) is 2. The van der Waals surface area contributed by atoms with Crippen molar-refractivity contribution >= 4 is 0 Å². The summed E-state index contributed by atoms with van der Waals surface area (Å²) >= 11 is 0. The second-order valence-electron chi connectivity index (χ2n) is 2.13. The molecule has 0 spiro atoms. The average molecular weight is 112 g/mol. The third-order valence-corrected chi connectivity index (χ3v) is 1.54. The summed E-state index contributed by atoms with van der Waals surface area (Å²) in [5, 5.41) is 6.36. The van der Waals surface area contributed by atoms with Crippen LogP contribution in [0.25, 0.3) is 0 Å². The summed E-state index contributed by atoms with van der Waals surface area (Å²) in [6.07, 6.45) is 0. The second kappa shape index (κ2) is 2.29. The van der Waals surface area contributed by atoms with Gasteiger partial charge in [-0.15, -0.1) is 0 Å². The fourth-order valence-electron chi connectivity index (χ4n) is 0.951. The highest BCUT2D eigenvalue weighted by Crippen LogP contribution is 2.01. The Labute approximate surface area is 50.0 Å². The van der Waals surface area contributed by atoms with Crippen LogP contribution >= 0.6 is 0 Å². The van der Waals surface area contributed by atoms with Gasteiger partial charge in [-0.25, -0.2) is 0 Å². The van der Waals surface area contributed by atoms with Crippen molar-refractivity contribution in [2.75, 3.05) is 20.1 Å². The topological polar surface area (TPSA) is 24.1 Å². The zero-order valence-electron chi connectivity index (χ0n) is 5.20. The van der Waals surface area contributed by atoms with Gasteiger partial charge in [-0.05, 0) is 12.6 Å². The molecule has 2 N–H and O–H groups in total. The van der Waals surface area contributed by atoms with Crippen LogP contribution < -0.4 is 10.6 Å². The monoisotopic (exact) mass is 112 g/mol. The van der Waals surface area contributed by atoms with Gasteiger partial charge in [-0.1, -0.05) is 6.58 Å². The first-order valence-electron chi connectivity index (χ1n) is 2.90. The van der Waals surface area contributed by atoms with Crippen LogP contribution in [0.4, 0.5) is 0 Å². The molecule has 8 heavy (non-hydrogen) atoms. The van der Waals surface area contributed by atoms with Crippen LogP contribution in [0.5, 0.6) is 0 Å². The molecule has 1 rings (SSSR count). The Kier molecular flexibility index (Phi) is 1.65. The molecular weight excluding hydrogens is 100 g/mol. The maximum absolute atomic E-state index is 3.88. The van der Waals surface area contributed by atoms with Crippen molar-refractivity contribution in [2.45, 2.75) is 6.04 Å². The Morgan fingerprint density at radius 1 is 1.88 bits per heavy atom. The minimum Gasteiger partial charge on any atom is -0.312 e. The molecular formula is C6H12N2. The van der Waals surface area contributed by atoms with Crippen molar-refractivity contribution in [1.29, 1.82) is 0 Å². The molecule has 0 amide bonds. The van der Waals surface area contributed by atoms with Crippen molar-refractivity contribution in [3.8, 4) is 0 Å². The summed E-state index contributed by atoms with van der Waals surface area (Å²) in [5.74, 6) is 0. The van der Waals surface area contributed by atoms with E-state index in [2.05, 4.69) is 17.2 Å². The second-order valence-corrected chi connectivity index (χ2v) is 2.13. The van der Waals surface area contributed by atoms with E-state index in [1.54, 1.807) is 0 Å². The van der Waals surface area contributed by atoms with Crippen molar-refractivity contribution in [2.24, 2.45) is 0 Å². The summed E-state index contributed by atoms with van der Waals surface area (Å²) in [5.41, 5.74) is 1.27. The van der Waals surface area contributed by atoms with Gasteiger partial charge in [0.25, 0.3) is 0 Å². The molecule has 0 unspecified atom stereocenters. The molecule has 2 nitrogen and oxygen atoms in total.